The Morgan fingerprint density at radius 2 is 1.61 bits per heavy atom. The summed E-state index contributed by atoms with van der Waals surface area (Å²) in [6.07, 6.45) is 0. The van der Waals surface area contributed by atoms with Gasteiger partial charge in [0.1, 0.15) is 6.04 Å². The standard InChI is InChI=1S/C18H20N2O2S/c1-14(21)19-17(13-23-12-15-8-4-2-5-9-15)18(22)20-16-10-6-3-7-11-16/h2-11,17H,12-13H2,1H3,(H,19,21)(H,20,22). The number of carbonyl (C=O) groups excluding carboxylic acids is 2. The van der Waals surface area contributed by atoms with Crippen molar-refractivity contribution in [3.05, 3.63) is 66.2 Å². The lowest BCUT2D eigenvalue weighted by atomic mass is 10.2. The van der Waals surface area contributed by atoms with Crippen LogP contribution in [0.4, 0.5) is 5.69 Å². The highest BCUT2D eigenvalue weighted by Crippen LogP contribution is 2.14. The first-order valence-corrected chi connectivity index (χ1v) is 8.55. The van der Waals surface area contributed by atoms with Crippen LogP contribution in [-0.4, -0.2) is 23.6 Å². The third-order valence-electron chi connectivity index (χ3n) is 3.13. The second-order valence-corrected chi connectivity index (χ2v) is 6.14. The van der Waals surface area contributed by atoms with E-state index in [0.717, 1.165) is 11.4 Å². The summed E-state index contributed by atoms with van der Waals surface area (Å²) >= 11 is 1.62. The van der Waals surface area contributed by atoms with Crippen LogP contribution < -0.4 is 10.6 Å². The van der Waals surface area contributed by atoms with Gasteiger partial charge in [-0.15, -0.1) is 0 Å². The van der Waals surface area contributed by atoms with Crippen LogP contribution in [0.1, 0.15) is 12.5 Å². The summed E-state index contributed by atoms with van der Waals surface area (Å²) in [5, 5.41) is 5.54. The molecule has 0 aliphatic heterocycles. The van der Waals surface area contributed by atoms with E-state index >= 15 is 0 Å². The smallest absolute Gasteiger partial charge is 0.247 e. The molecule has 1 unspecified atom stereocenters. The Morgan fingerprint density at radius 3 is 2.22 bits per heavy atom. The minimum absolute atomic E-state index is 0.202. The molecule has 1 atom stereocenters. The van der Waals surface area contributed by atoms with E-state index in [-0.39, 0.29) is 11.8 Å². The van der Waals surface area contributed by atoms with Gasteiger partial charge < -0.3 is 10.6 Å². The summed E-state index contributed by atoms with van der Waals surface area (Å²) in [6, 6.07) is 18.7. The predicted octanol–water partition coefficient (Wildman–Crippen LogP) is 3.06. The largest absolute Gasteiger partial charge is 0.344 e. The van der Waals surface area contributed by atoms with Crippen molar-refractivity contribution in [3.63, 3.8) is 0 Å². The molecule has 5 heteroatoms. The average Bonchev–Trinajstić information content (AvgIpc) is 2.55. The third kappa shape index (κ3) is 6.16. The van der Waals surface area contributed by atoms with E-state index in [4.69, 9.17) is 0 Å². The highest BCUT2D eigenvalue weighted by atomic mass is 32.2. The number of benzene rings is 2. The second kappa shape index (κ2) is 9.00. The Hall–Kier alpha value is -2.27. The Balaban J connectivity index is 1.90. The van der Waals surface area contributed by atoms with Crippen molar-refractivity contribution in [2.45, 2.75) is 18.7 Å². The number of para-hydroxylation sites is 1. The molecule has 0 aliphatic carbocycles. The molecule has 0 bridgehead atoms. The zero-order chi connectivity index (χ0) is 16.5. The molecule has 0 saturated carbocycles. The number of carbonyl (C=O) groups is 2. The minimum Gasteiger partial charge on any atom is -0.344 e. The van der Waals surface area contributed by atoms with E-state index in [1.165, 1.54) is 12.5 Å². The van der Waals surface area contributed by atoms with Gasteiger partial charge in [0.25, 0.3) is 0 Å². The van der Waals surface area contributed by atoms with E-state index in [0.29, 0.717) is 5.75 Å². The fourth-order valence-corrected chi connectivity index (χ4v) is 3.06. The van der Waals surface area contributed by atoms with Crippen molar-refractivity contribution in [1.82, 2.24) is 5.32 Å². The molecule has 2 rings (SSSR count). The number of nitrogens with one attached hydrogen (secondary N) is 2. The van der Waals surface area contributed by atoms with E-state index in [1.54, 1.807) is 11.8 Å². The van der Waals surface area contributed by atoms with Gasteiger partial charge in [-0.25, -0.2) is 0 Å². The van der Waals surface area contributed by atoms with E-state index in [2.05, 4.69) is 10.6 Å². The number of hydrogen-bond donors (Lipinski definition) is 2. The lowest BCUT2D eigenvalue weighted by Crippen LogP contribution is -2.44. The van der Waals surface area contributed by atoms with Gasteiger partial charge in [-0.05, 0) is 17.7 Å². The molecule has 2 amide bonds. The first-order valence-electron chi connectivity index (χ1n) is 7.40. The van der Waals surface area contributed by atoms with Crippen LogP contribution in [0.15, 0.2) is 60.7 Å². The summed E-state index contributed by atoms with van der Waals surface area (Å²) in [5.74, 6) is 0.911. The maximum Gasteiger partial charge on any atom is 0.247 e. The Morgan fingerprint density at radius 1 is 1.00 bits per heavy atom. The number of thioether (sulfide) groups is 1. The van der Waals surface area contributed by atoms with Crippen molar-refractivity contribution in [3.8, 4) is 0 Å². The maximum absolute atomic E-state index is 12.4. The fourth-order valence-electron chi connectivity index (χ4n) is 2.05. The van der Waals surface area contributed by atoms with Crippen LogP contribution in [0.3, 0.4) is 0 Å². The monoisotopic (exact) mass is 328 g/mol. The van der Waals surface area contributed by atoms with Crippen LogP contribution in [0.2, 0.25) is 0 Å². The van der Waals surface area contributed by atoms with Crippen molar-refractivity contribution in [1.29, 1.82) is 0 Å². The molecule has 120 valence electrons. The molecule has 0 aliphatic rings. The lowest BCUT2D eigenvalue weighted by Gasteiger charge is -2.17. The first-order chi connectivity index (χ1) is 11.1. The minimum atomic E-state index is -0.554. The average molecular weight is 328 g/mol. The zero-order valence-electron chi connectivity index (χ0n) is 13.0. The van der Waals surface area contributed by atoms with Gasteiger partial charge in [0.2, 0.25) is 11.8 Å². The molecular formula is C18H20N2O2S. The molecule has 2 N–H and O–H groups in total. The number of hydrogen-bond acceptors (Lipinski definition) is 3. The summed E-state index contributed by atoms with van der Waals surface area (Å²) in [4.78, 5) is 23.7. The van der Waals surface area contributed by atoms with Gasteiger partial charge in [0.05, 0.1) is 0 Å². The van der Waals surface area contributed by atoms with Gasteiger partial charge in [-0.2, -0.15) is 11.8 Å². The van der Waals surface area contributed by atoms with Gasteiger partial charge in [0, 0.05) is 24.1 Å². The number of amides is 2. The number of rotatable bonds is 7. The van der Waals surface area contributed by atoms with E-state index in [9.17, 15) is 9.59 Å². The van der Waals surface area contributed by atoms with Crippen LogP contribution in [-0.2, 0) is 15.3 Å². The van der Waals surface area contributed by atoms with Crippen LogP contribution in [0.25, 0.3) is 0 Å². The van der Waals surface area contributed by atoms with Gasteiger partial charge >= 0.3 is 0 Å². The maximum atomic E-state index is 12.4. The molecule has 2 aromatic carbocycles. The summed E-state index contributed by atoms with van der Waals surface area (Å²) < 4.78 is 0. The lowest BCUT2D eigenvalue weighted by molar-refractivity contribution is -0.124. The number of anilines is 1. The summed E-state index contributed by atoms with van der Waals surface area (Å²) in [6.45, 7) is 1.42. The molecule has 23 heavy (non-hydrogen) atoms. The van der Waals surface area contributed by atoms with Crippen molar-refractivity contribution in [2.24, 2.45) is 0 Å². The van der Waals surface area contributed by atoms with Gasteiger partial charge in [0.15, 0.2) is 0 Å². The van der Waals surface area contributed by atoms with E-state index in [1.807, 2.05) is 60.7 Å². The van der Waals surface area contributed by atoms with Crippen molar-refractivity contribution in [2.75, 3.05) is 11.1 Å². The van der Waals surface area contributed by atoms with Crippen molar-refractivity contribution >= 4 is 29.3 Å². The van der Waals surface area contributed by atoms with E-state index < -0.39 is 6.04 Å². The summed E-state index contributed by atoms with van der Waals surface area (Å²) in [5.41, 5.74) is 1.92. The molecule has 2 aromatic rings. The molecular weight excluding hydrogens is 308 g/mol. The second-order valence-electron chi connectivity index (χ2n) is 5.11. The van der Waals surface area contributed by atoms with Gasteiger partial charge in [-0.3, -0.25) is 9.59 Å². The topological polar surface area (TPSA) is 58.2 Å². The van der Waals surface area contributed by atoms with Gasteiger partial charge in [-0.1, -0.05) is 48.5 Å². The molecule has 0 fully saturated rings. The SMILES string of the molecule is CC(=O)NC(CSCc1ccccc1)C(=O)Nc1ccccc1. The predicted molar refractivity (Wildman–Crippen MR) is 95.3 cm³/mol. The zero-order valence-corrected chi connectivity index (χ0v) is 13.8. The van der Waals surface area contributed by atoms with Crippen molar-refractivity contribution < 1.29 is 9.59 Å². The highest BCUT2D eigenvalue weighted by Gasteiger charge is 2.19. The third-order valence-corrected chi connectivity index (χ3v) is 4.24. The molecule has 0 radical (unpaired) electrons. The highest BCUT2D eigenvalue weighted by molar-refractivity contribution is 7.98. The molecule has 0 heterocycles. The molecule has 0 spiro atoms. The van der Waals surface area contributed by atoms with Crippen LogP contribution >= 0.6 is 11.8 Å². The van der Waals surface area contributed by atoms with Crippen LogP contribution in [0.5, 0.6) is 0 Å². The molecule has 0 saturated heterocycles. The van der Waals surface area contributed by atoms with Crippen LogP contribution in [0, 0.1) is 0 Å². The Labute approximate surface area is 140 Å². The first kappa shape index (κ1) is 17.1. The Kier molecular flexibility index (Phi) is 6.69. The molecule has 0 aromatic heterocycles. The normalized spacial score (nSPS) is 11.5. The fraction of sp³-hybridized carbons (Fsp3) is 0.222. The summed E-state index contributed by atoms with van der Waals surface area (Å²) in [7, 11) is 0. The Bertz CT molecular complexity index is 632. The molecule has 4 nitrogen and oxygen atoms in total. The quantitative estimate of drug-likeness (QED) is 0.821.